The maximum Gasteiger partial charge on any atom is 0.219 e. The highest BCUT2D eigenvalue weighted by atomic mass is 35.5. The Morgan fingerprint density at radius 2 is 2.47 bits per heavy atom. The molecule has 0 aromatic carbocycles. The zero-order valence-electron chi connectivity index (χ0n) is 8.61. The lowest BCUT2D eigenvalue weighted by Crippen LogP contribution is -2.28. The minimum atomic E-state index is 0.130. The van der Waals surface area contributed by atoms with Crippen molar-refractivity contribution in [3.63, 3.8) is 0 Å². The Labute approximate surface area is 94.1 Å². The molecule has 0 aliphatic carbocycles. The van der Waals surface area contributed by atoms with Crippen LogP contribution in [-0.4, -0.2) is 22.3 Å². The lowest BCUT2D eigenvalue weighted by molar-refractivity contribution is -0.129. The van der Waals surface area contributed by atoms with Gasteiger partial charge >= 0.3 is 0 Å². The van der Waals surface area contributed by atoms with Crippen LogP contribution in [0.2, 0.25) is 5.15 Å². The summed E-state index contributed by atoms with van der Waals surface area (Å²) in [6.07, 6.45) is 3.76. The SMILES string of the molecule is CC(=O)N1CCC[C@H]1c1ccnc(Cl)c1. The fraction of sp³-hybridized carbons (Fsp3) is 0.455. The molecule has 1 aromatic heterocycles. The summed E-state index contributed by atoms with van der Waals surface area (Å²) < 4.78 is 0. The second-order valence-corrected chi connectivity index (χ2v) is 4.17. The Hall–Kier alpha value is -1.09. The molecule has 1 aliphatic rings. The first-order valence-corrected chi connectivity index (χ1v) is 5.45. The first kappa shape index (κ1) is 10.4. The number of aromatic nitrogens is 1. The van der Waals surface area contributed by atoms with Crippen molar-refractivity contribution in [1.29, 1.82) is 0 Å². The summed E-state index contributed by atoms with van der Waals surface area (Å²) in [5, 5.41) is 0.489. The van der Waals surface area contributed by atoms with E-state index in [1.807, 2.05) is 17.0 Å². The van der Waals surface area contributed by atoms with Gasteiger partial charge in [0.25, 0.3) is 0 Å². The molecule has 0 bridgehead atoms. The van der Waals surface area contributed by atoms with Crippen LogP contribution in [0.4, 0.5) is 0 Å². The molecule has 80 valence electrons. The Balaban J connectivity index is 2.26. The van der Waals surface area contributed by atoms with Crippen LogP contribution in [0.3, 0.4) is 0 Å². The summed E-state index contributed by atoms with van der Waals surface area (Å²) >= 11 is 5.84. The summed E-state index contributed by atoms with van der Waals surface area (Å²) in [6, 6.07) is 3.95. The van der Waals surface area contributed by atoms with Crippen molar-refractivity contribution in [2.24, 2.45) is 0 Å². The number of nitrogens with zero attached hydrogens (tertiary/aromatic N) is 2. The van der Waals surface area contributed by atoms with Crippen LogP contribution in [0, 0.1) is 0 Å². The first-order chi connectivity index (χ1) is 7.18. The van der Waals surface area contributed by atoms with Gasteiger partial charge in [-0.25, -0.2) is 4.98 Å². The second kappa shape index (κ2) is 4.19. The van der Waals surface area contributed by atoms with Gasteiger partial charge in [-0.1, -0.05) is 11.6 Å². The molecule has 2 rings (SSSR count). The number of rotatable bonds is 1. The third-order valence-corrected chi connectivity index (χ3v) is 3.00. The van der Waals surface area contributed by atoms with Gasteiger partial charge in [-0.3, -0.25) is 4.79 Å². The third kappa shape index (κ3) is 2.12. The van der Waals surface area contributed by atoms with Gasteiger partial charge in [-0.05, 0) is 30.5 Å². The van der Waals surface area contributed by atoms with E-state index in [1.54, 1.807) is 13.1 Å². The molecule has 1 fully saturated rings. The molecule has 1 amide bonds. The van der Waals surface area contributed by atoms with E-state index >= 15 is 0 Å². The van der Waals surface area contributed by atoms with Crippen molar-refractivity contribution in [2.75, 3.05) is 6.54 Å². The summed E-state index contributed by atoms with van der Waals surface area (Å²) in [5.74, 6) is 0.130. The molecular weight excluding hydrogens is 212 g/mol. The van der Waals surface area contributed by atoms with Gasteiger partial charge in [0.15, 0.2) is 0 Å². The van der Waals surface area contributed by atoms with Gasteiger partial charge < -0.3 is 4.90 Å². The van der Waals surface area contributed by atoms with Gasteiger partial charge in [0.2, 0.25) is 5.91 Å². The summed E-state index contributed by atoms with van der Waals surface area (Å²) in [7, 11) is 0. The lowest BCUT2D eigenvalue weighted by Gasteiger charge is -2.23. The van der Waals surface area contributed by atoms with Gasteiger partial charge in [-0.2, -0.15) is 0 Å². The topological polar surface area (TPSA) is 33.2 Å². The van der Waals surface area contributed by atoms with E-state index < -0.39 is 0 Å². The molecule has 0 N–H and O–H groups in total. The summed E-state index contributed by atoms with van der Waals surface area (Å²) in [5.41, 5.74) is 1.09. The maximum absolute atomic E-state index is 11.4. The molecule has 1 aromatic rings. The molecule has 1 saturated heterocycles. The van der Waals surface area contributed by atoms with Crippen LogP contribution in [0.1, 0.15) is 31.4 Å². The van der Waals surface area contributed by atoms with Crippen LogP contribution < -0.4 is 0 Å². The highest BCUT2D eigenvalue weighted by Gasteiger charge is 2.27. The van der Waals surface area contributed by atoms with Crippen molar-refractivity contribution in [1.82, 2.24) is 9.88 Å². The van der Waals surface area contributed by atoms with Crippen molar-refractivity contribution in [3.8, 4) is 0 Å². The molecular formula is C11H13ClN2O. The van der Waals surface area contributed by atoms with E-state index in [-0.39, 0.29) is 11.9 Å². The molecule has 0 saturated carbocycles. The fourth-order valence-electron chi connectivity index (χ4n) is 2.11. The quantitative estimate of drug-likeness (QED) is 0.687. The maximum atomic E-state index is 11.4. The lowest BCUT2D eigenvalue weighted by atomic mass is 10.1. The zero-order chi connectivity index (χ0) is 10.8. The number of carbonyl (C=O) groups is 1. The Morgan fingerprint density at radius 3 is 3.13 bits per heavy atom. The van der Waals surface area contributed by atoms with Gasteiger partial charge in [0.1, 0.15) is 5.15 Å². The van der Waals surface area contributed by atoms with E-state index in [0.29, 0.717) is 5.15 Å². The van der Waals surface area contributed by atoms with Crippen molar-refractivity contribution < 1.29 is 4.79 Å². The number of likely N-dealkylation sites (tertiary alicyclic amines) is 1. The van der Waals surface area contributed by atoms with Crippen LogP contribution in [0.5, 0.6) is 0 Å². The van der Waals surface area contributed by atoms with E-state index in [4.69, 9.17) is 11.6 Å². The van der Waals surface area contributed by atoms with Crippen molar-refractivity contribution >= 4 is 17.5 Å². The van der Waals surface area contributed by atoms with E-state index in [9.17, 15) is 4.79 Å². The number of carbonyl (C=O) groups excluding carboxylic acids is 1. The van der Waals surface area contributed by atoms with Gasteiger partial charge in [0.05, 0.1) is 6.04 Å². The number of amides is 1. The van der Waals surface area contributed by atoms with Crippen LogP contribution in [0.25, 0.3) is 0 Å². The fourth-order valence-corrected chi connectivity index (χ4v) is 2.30. The molecule has 3 nitrogen and oxygen atoms in total. The van der Waals surface area contributed by atoms with Gasteiger partial charge in [-0.15, -0.1) is 0 Å². The van der Waals surface area contributed by atoms with Crippen molar-refractivity contribution in [2.45, 2.75) is 25.8 Å². The summed E-state index contributed by atoms with van der Waals surface area (Å²) in [6.45, 7) is 2.46. The number of halogens is 1. The minimum absolute atomic E-state index is 0.130. The molecule has 15 heavy (non-hydrogen) atoms. The largest absolute Gasteiger partial charge is 0.336 e. The van der Waals surface area contributed by atoms with E-state index in [0.717, 1.165) is 24.9 Å². The Bertz CT molecular complexity index is 381. The average molecular weight is 225 g/mol. The molecule has 1 aliphatic heterocycles. The van der Waals surface area contributed by atoms with E-state index in [2.05, 4.69) is 4.98 Å². The molecule has 4 heteroatoms. The average Bonchev–Trinajstić information content (AvgIpc) is 2.65. The van der Waals surface area contributed by atoms with Crippen LogP contribution in [0.15, 0.2) is 18.3 Å². The first-order valence-electron chi connectivity index (χ1n) is 5.07. The standard InChI is InChI=1S/C11H13ClN2O/c1-8(15)14-6-2-3-10(14)9-4-5-13-11(12)7-9/h4-5,7,10H,2-3,6H2,1H3/t10-/m0/s1. The van der Waals surface area contributed by atoms with E-state index in [1.165, 1.54) is 0 Å². The number of hydrogen-bond acceptors (Lipinski definition) is 2. The second-order valence-electron chi connectivity index (χ2n) is 3.78. The normalized spacial score (nSPS) is 20.7. The molecule has 0 unspecified atom stereocenters. The number of pyridine rings is 1. The molecule has 1 atom stereocenters. The zero-order valence-corrected chi connectivity index (χ0v) is 9.37. The van der Waals surface area contributed by atoms with Crippen molar-refractivity contribution in [3.05, 3.63) is 29.0 Å². The third-order valence-electron chi connectivity index (χ3n) is 2.79. The van der Waals surface area contributed by atoms with Gasteiger partial charge in [0, 0.05) is 19.7 Å². The number of hydrogen-bond donors (Lipinski definition) is 0. The summed E-state index contributed by atoms with van der Waals surface area (Å²) in [4.78, 5) is 17.2. The minimum Gasteiger partial charge on any atom is -0.336 e. The van der Waals surface area contributed by atoms with Crippen LogP contribution >= 0.6 is 11.6 Å². The Kier molecular flexibility index (Phi) is 2.91. The predicted octanol–water partition coefficient (Wildman–Crippen LogP) is 2.42. The molecule has 0 radical (unpaired) electrons. The smallest absolute Gasteiger partial charge is 0.219 e. The highest BCUT2D eigenvalue weighted by molar-refractivity contribution is 6.29. The molecule has 0 spiro atoms. The predicted molar refractivity (Wildman–Crippen MR) is 58.6 cm³/mol. The highest BCUT2D eigenvalue weighted by Crippen LogP contribution is 2.32. The monoisotopic (exact) mass is 224 g/mol. The Morgan fingerprint density at radius 1 is 1.67 bits per heavy atom. The van der Waals surface area contributed by atoms with Crippen LogP contribution in [-0.2, 0) is 4.79 Å². The molecule has 2 heterocycles.